The quantitative estimate of drug-likeness (QED) is 0.442. The highest BCUT2D eigenvalue weighted by Gasteiger charge is 2.22. The summed E-state index contributed by atoms with van der Waals surface area (Å²) in [4.78, 5) is 34.0. The number of carbonyl (C=O) groups is 2. The molecule has 0 bridgehead atoms. The van der Waals surface area contributed by atoms with Crippen molar-refractivity contribution < 1.29 is 23.8 Å². The van der Waals surface area contributed by atoms with Crippen molar-refractivity contribution in [2.24, 2.45) is 7.05 Å². The van der Waals surface area contributed by atoms with Crippen LogP contribution in [0.2, 0.25) is 0 Å². The van der Waals surface area contributed by atoms with E-state index in [0.717, 1.165) is 43.0 Å². The maximum absolute atomic E-state index is 13.0. The molecule has 0 saturated carbocycles. The van der Waals surface area contributed by atoms with Gasteiger partial charge < -0.3 is 29.0 Å². The van der Waals surface area contributed by atoms with E-state index < -0.39 is 0 Å². The van der Waals surface area contributed by atoms with E-state index in [1.54, 1.807) is 12.1 Å². The number of methoxy groups -OCH3 is 3. The molecule has 12 heteroatoms. The number of halogens is 2. The van der Waals surface area contributed by atoms with Crippen molar-refractivity contribution >= 4 is 53.3 Å². The molecule has 2 amide bonds. The number of hydrogen-bond donors (Lipinski definition) is 1. The molecular weight excluding hydrogens is 533 g/mol. The van der Waals surface area contributed by atoms with Gasteiger partial charge in [0.2, 0.25) is 11.7 Å². The number of hydrogen-bond acceptors (Lipinski definition) is 7. The average molecular weight is 569 g/mol. The fraction of sp³-hybridized carbons (Fsp3) is 0.423. The lowest BCUT2D eigenvalue weighted by atomic mass is 10.1. The SMILES string of the molecule is CCC(=O)N1CCN(Cc2nc3cc(NC(=O)c4cc(OC)c(OC)c(OC)c4)ccc3n2C)CC1.Cl.Cl. The van der Waals surface area contributed by atoms with Crippen LogP contribution in [0, 0.1) is 0 Å². The van der Waals surface area contributed by atoms with Crippen LogP contribution in [0.1, 0.15) is 29.5 Å². The van der Waals surface area contributed by atoms with Crippen LogP contribution in [-0.2, 0) is 18.4 Å². The number of piperazine rings is 1. The number of ether oxygens (including phenoxy) is 3. The van der Waals surface area contributed by atoms with Gasteiger partial charge in [0.1, 0.15) is 5.82 Å². The molecule has 3 aromatic rings. The highest BCUT2D eigenvalue weighted by Crippen LogP contribution is 2.38. The first-order valence-electron chi connectivity index (χ1n) is 11.9. The number of fused-ring (bicyclic) bond motifs is 1. The Labute approximate surface area is 235 Å². The van der Waals surface area contributed by atoms with Crippen LogP contribution < -0.4 is 19.5 Å². The maximum Gasteiger partial charge on any atom is 0.255 e. The third-order valence-electron chi connectivity index (χ3n) is 6.55. The summed E-state index contributed by atoms with van der Waals surface area (Å²) >= 11 is 0. The van der Waals surface area contributed by atoms with Crippen molar-refractivity contribution in [2.45, 2.75) is 19.9 Å². The zero-order valence-corrected chi connectivity index (χ0v) is 23.9. The number of anilines is 1. The minimum atomic E-state index is -0.302. The molecule has 208 valence electrons. The molecule has 0 spiro atoms. The number of nitrogens with zero attached hydrogens (tertiary/aromatic N) is 4. The summed E-state index contributed by atoms with van der Waals surface area (Å²) in [5.41, 5.74) is 2.80. The minimum Gasteiger partial charge on any atom is -0.493 e. The molecule has 0 atom stereocenters. The molecule has 1 aliphatic heterocycles. The molecule has 1 aliphatic rings. The van der Waals surface area contributed by atoms with Crippen LogP contribution >= 0.6 is 24.8 Å². The molecular formula is C26H35Cl2N5O5. The molecule has 4 rings (SSSR count). The Hall–Kier alpha value is -3.21. The van der Waals surface area contributed by atoms with Crippen molar-refractivity contribution in [3.8, 4) is 17.2 Å². The smallest absolute Gasteiger partial charge is 0.255 e. The summed E-state index contributed by atoms with van der Waals surface area (Å²) in [6.07, 6.45) is 0.545. The minimum absolute atomic E-state index is 0. The van der Waals surface area contributed by atoms with Gasteiger partial charge in [0.25, 0.3) is 5.91 Å². The zero-order valence-electron chi connectivity index (χ0n) is 22.3. The molecule has 38 heavy (non-hydrogen) atoms. The Kier molecular flexibility index (Phi) is 11.1. The standard InChI is InChI=1S/C26H33N5O5.2ClH/c1-6-24(32)31-11-9-30(10-12-31)16-23-28-19-15-18(7-8-20(19)29(23)2)27-26(33)17-13-21(34-3)25(36-5)22(14-17)35-4;;/h7-8,13-15H,6,9-12,16H2,1-5H3,(H,27,33);2*1H. The van der Waals surface area contributed by atoms with E-state index in [-0.39, 0.29) is 36.6 Å². The third kappa shape index (κ3) is 6.43. The van der Waals surface area contributed by atoms with Crippen LogP contribution in [0.25, 0.3) is 11.0 Å². The number of aryl methyl sites for hydroxylation is 1. The van der Waals surface area contributed by atoms with Crippen molar-refractivity contribution in [1.29, 1.82) is 0 Å². The second-order valence-corrected chi connectivity index (χ2v) is 8.67. The Morgan fingerprint density at radius 3 is 2.13 bits per heavy atom. The van der Waals surface area contributed by atoms with E-state index in [1.807, 2.05) is 37.1 Å². The van der Waals surface area contributed by atoms with E-state index in [0.29, 0.717) is 41.5 Å². The molecule has 10 nitrogen and oxygen atoms in total. The molecule has 0 radical (unpaired) electrons. The lowest BCUT2D eigenvalue weighted by molar-refractivity contribution is -0.132. The molecule has 0 unspecified atom stereocenters. The predicted molar refractivity (Wildman–Crippen MR) is 151 cm³/mol. The van der Waals surface area contributed by atoms with Crippen molar-refractivity contribution in [2.75, 3.05) is 52.8 Å². The predicted octanol–water partition coefficient (Wildman–Crippen LogP) is 3.75. The lowest BCUT2D eigenvalue weighted by Crippen LogP contribution is -2.48. The summed E-state index contributed by atoms with van der Waals surface area (Å²) in [5.74, 6) is 2.09. The largest absolute Gasteiger partial charge is 0.493 e. The first-order valence-corrected chi connectivity index (χ1v) is 11.9. The van der Waals surface area contributed by atoms with Gasteiger partial charge in [-0.1, -0.05) is 6.92 Å². The van der Waals surface area contributed by atoms with Gasteiger partial charge in [-0.25, -0.2) is 4.98 Å². The number of carbonyl (C=O) groups excluding carboxylic acids is 2. The Morgan fingerprint density at radius 2 is 1.58 bits per heavy atom. The van der Waals surface area contributed by atoms with Gasteiger partial charge in [0, 0.05) is 50.9 Å². The molecule has 1 saturated heterocycles. The number of aromatic nitrogens is 2. The number of rotatable bonds is 8. The summed E-state index contributed by atoms with van der Waals surface area (Å²) < 4.78 is 18.1. The number of nitrogens with one attached hydrogen (secondary N) is 1. The van der Waals surface area contributed by atoms with E-state index in [9.17, 15) is 9.59 Å². The van der Waals surface area contributed by atoms with Crippen LogP contribution in [0.15, 0.2) is 30.3 Å². The fourth-order valence-corrected chi connectivity index (χ4v) is 4.46. The molecule has 2 heterocycles. The summed E-state index contributed by atoms with van der Waals surface area (Å²) in [5, 5.41) is 2.93. The highest BCUT2D eigenvalue weighted by atomic mass is 35.5. The summed E-state index contributed by atoms with van der Waals surface area (Å²) in [6, 6.07) is 8.91. The van der Waals surface area contributed by atoms with Gasteiger partial charge in [-0.2, -0.15) is 0 Å². The lowest BCUT2D eigenvalue weighted by Gasteiger charge is -2.34. The van der Waals surface area contributed by atoms with Crippen molar-refractivity contribution in [3.05, 3.63) is 41.7 Å². The van der Waals surface area contributed by atoms with Crippen molar-refractivity contribution in [1.82, 2.24) is 19.4 Å². The van der Waals surface area contributed by atoms with E-state index in [2.05, 4.69) is 14.8 Å². The second-order valence-electron chi connectivity index (χ2n) is 8.67. The number of imidazole rings is 1. The average Bonchev–Trinajstić information content (AvgIpc) is 3.21. The zero-order chi connectivity index (χ0) is 25.8. The van der Waals surface area contributed by atoms with Gasteiger partial charge in [-0.3, -0.25) is 14.5 Å². The maximum atomic E-state index is 13.0. The monoisotopic (exact) mass is 567 g/mol. The molecule has 1 N–H and O–H groups in total. The van der Waals surface area contributed by atoms with E-state index in [4.69, 9.17) is 19.2 Å². The van der Waals surface area contributed by atoms with Crippen molar-refractivity contribution in [3.63, 3.8) is 0 Å². The molecule has 0 aliphatic carbocycles. The van der Waals surface area contributed by atoms with Crippen LogP contribution in [0.3, 0.4) is 0 Å². The van der Waals surface area contributed by atoms with E-state index in [1.165, 1.54) is 21.3 Å². The normalized spacial score (nSPS) is 13.3. The highest BCUT2D eigenvalue weighted by molar-refractivity contribution is 6.05. The molecule has 1 fully saturated rings. The fourth-order valence-electron chi connectivity index (χ4n) is 4.46. The van der Waals surface area contributed by atoms with Crippen LogP contribution in [-0.4, -0.2) is 78.7 Å². The van der Waals surface area contributed by atoms with Crippen LogP contribution in [0.5, 0.6) is 17.2 Å². The van der Waals surface area contributed by atoms with Gasteiger partial charge in [-0.05, 0) is 30.3 Å². The molecule has 2 aromatic carbocycles. The van der Waals surface area contributed by atoms with Gasteiger partial charge in [0.15, 0.2) is 11.5 Å². The van der Waals surface area contributed by atoms with E-state index >= 15 is 0 Å². The summed E-state index contributed by atoms with van der Waals surface area (Å²) in [7, 11) is 6.53. The van der Waals surface area contributed by atoms with Gasteiger partial charge >= 0.3 is 0 Å². The van der Waals surface area contributed by atoms with Gasteiger partial charge in [-0.15, -0.1) is 24.8 Å². The first kappa shape index (κ1) is 31.0. The number of benzene rings is 2. The van der Waals surface area contributed by atoms with Crippen LogP contribution in [0.4, 0.5) is 5.69 Å². The third-order valence-corrected chi connectivity index (χ3v) is 6.55. The summed E-state index contributed by atoms with van der Waals surface area (Å²) in [6.45, 7) is 5.74. The first-order chi connectivity index (χ1) is 17.4. The number of amides is 2. The Balaban J connectivity index is 0.00000253. The second kappa shape index (κ2) is 13.5. The molecule has 1 aromatic heterocycles. The van der Waals surface area contributed by atoms with Gasteiger partial charge in [0.05, 0.1) is 38.9 Å². The Morgan fingerprint density at radius 1 is 0.947 bits per heavy atom. The topological polar surface area (TPSA) is 98.2 Å². The Bertz CT molecular complexity index is 1250.